The van der Waals surface area contributed by atoms with Gasteiger partial charge >= 0.3 is 0 Å². The first-order valence-electron chi connectivity index (χ1n) is 4.49. The number of anilines is 1. The van der Waals surface area contributed by atoms with Gasteiger partial charge in [-0.15, -0.1) is 11.6 Å². The number of nitrogens with two attached hydrogens (primary N) is 1. The van der Waals surface area contributed by atoms with Crippen LogP contribution in [-0.2, 0) is 11.2 Å². The monoisotopic (exact) mass is 210 g/mol. The van der Waals surface area contributed by atoms with E-state index in [0.717, 1.165) is 23.2 Å². The highest BCUT2D eigenvalue weighted by Gasteiger charge is 2.15. The van der Waals surface area contributed by atoms with Crippen molar-refractivity contribution in [1.82, 2.24) is 0 Å². The first-order valence-corrected chi connectivity index (χ1v) is 4.93. The van der Waals surface area contributed by atoms with Crippen LogP contribution >= 0.6 is 11.6 Å². The molecule has 1 aromatic carbocycles. The normalized spacial score (nSPS) is 17.1. The fraction of sp³-hybridized carbons (Fsp3) is 0.300. The van der Waals surface area contributed by atoms with Crippen LogP contribution in [0.4, 0.5) is 5.69 Å². The largest absolute Gasteiger partial charge is 0.326 e. The molecule has 0 bridgehead atoms. The van der Waals surface area contributed by atoms with Gasteiger partial charge in [-0.3, -0.25) is 4.79 Å². The lowest BCUT2D eigenvalue weighted by Crippen LogP contribution is -2.19. The fourth-order valence-corrected chi connectivity index (χ4v) is 1.71. The minimum atomic E-state index is -0.474. The number of aryl methyl sites for hydroxylation is 1. The van der Waals surface area contributed by atoms with Crippen molar-refractivity contribution in [2.24, 2.45) is 5.73 Å². The van der Waals surface area contributed by atoms with E-state index in [-0.39, 0.29) is 5.91 Å². The second-order valence-corrected chi connectivity index (χ2v) is 3.84. The van der Waals surface area contributed by atoms with Crippen LogP contribution < -0.4 is 11.1 Å². The van der Waals surface area contributed by atoms with Crippen molar-refractivity contribution in [1.29, 1.82) is 0 Å². The number of alkyl halides is 1. The molecule has 0 saturated carbocycles. The van der Waals surface area contributed by atoms with Crippen molar-refractivity contribution < 1.29 is 4.79 Å². The average molecular weight is 211 g/mol. The molecule has 2 rings (SSSR count). The van der Waals surface area contributed by atoms with E-state index in [2.05, 4.69) is 5.32 Å². The highest BCUT2D eigenvalue weighted by atomic mass is 35.5. The highest BCUT2D eigenvalue weighted by Crippen LogP contribution is 2.26. The molecular weight excluding hydrogens is 200 g/mol. The van der Waals surface area contributed by atoms with Crippen molar-refractivity contribution in [2.45, 2.75) is 18.3 Å². The molecule has 1 unspecified atom stereocenters. The zero-order valence-electron chi connectivity index (χ0n) is 7.59. The molecule has 1 aliphatic rings. The van der Waals surface area contributed by atoms with Crippen LogP contribution in [0.1, 0.15) is 23.0 Å². The maximum Gasteiger partial charge on any atom is 0.224 e. The summed E-state index contributed by atoms with van der Waals surface area (Å²) in [6.07, 6.45) is 1.30. The van der Waals surface area contributed by atoms with Gasteiger partial charge in [-0.1, -0.05) is 12.1 Å². The number of nitrogens with one attached hydrogen (secondary N) is 1. The summed E-state index contributed by atoms with van der Waals surface area (Å²) in [7, 11) is 0. The standard InChI is InChI=1S/C10H11ClN2O/c11-10(12)7-1-3-8-6(5-7)2-4-9(14)13-8/h1,3,5,10H,2,4,12H2,(H,13,14). The zero-order chi connectivity index (χ0) is 10.1. The van der Waals surface area contributed by atoms with E-state index in [9.17, 15) is 4.79 Å². The smallest absolute Gasteiger partial charge is 0.224 e. The van der Waals surface area contributed by atoms with Gasteiger partial charge in [-0.05, 0) is 23.6 Å². The fourth-order valence-electron chi connectivity index (χ4n) is 1.57. The molecule has 1 aromatic rings. The summed E-state index contributed by atoms with van der Waals surface area (Å²) in [6.45, 7) is 0. The van der Waals surface area contributed by atoms with Gasteiger partial charge in [-0.25, -0.2) is 0 Å². The lowest BCUT2D eigenvalue weighted by Gasteiger charge is -2.18. The van der Waals surface area contributed by atoms with Gasteiger partial charge in [0.25, 0.3) is 0 Å². The first-order chi connectivity index (χ1) is 6.66. The molecule has 1 atom stereocenters. The minimum Gasteiger partial charge on any atom is -0.326 e. The summed E-state index contributed by atoms with van der Waals surface area (Å²) in [6, 6.07) is 5.64. The SMILES string of the molecule is NC(Cl)c1ccc2c(c1)CCC(=O)N2. The molecule has 1 heterocycles. The highest BCUT2D eigenvalue weighted by molar-refractivity contribution is 6.20. The van der Waals surface area contributed by atoms with Gasteiger partial charge < -0.3 is 11.1 Å². The Hall–Kier alpha value is -1.06. The van der Waals surface area contributed by atoms with Crippen molar-refractivity contribution in [2.75, 3.05) is 5.32 Å². The zero-order valence-corrected chi connectivity index (χ0v) is 8.34. The Morgan fingerprint density at radius 2 is 2.21 bits per heavy atom. The topological polar surface area (TPSA) is 55.1 Å². The van der Waals surface area contributed by atoms with E-state index in [1.165, 1.54) is 0 Å². The molecule has 0 fully saturated rings. The number of benzene rings is 1. The van der Waals surface area contributed by atoms with Crippen LogP contribution in [0.25, 0.3) is 0 Å². The lowest BCUT2D eigenvalue weighted by atomic mass is 10.0. The van der Waals surface area contributed by atoms with Crippen molar-refractivity contribution >= 4 is 23.2 Å². The van der Waals surface area contributed by atoms with E-state index >= 15 is 0 Å². The van der Waals surface area contributed by atoms with Gasteiger partial charge in [-0.2, -0.15) is 0 Å². The van der Waals surface area contributed by atoms with Crippen LogP contribution in [0.3, 0.4) is 0 Å². The summed E-state index contributed by atoms with van der Waals surface area (Å²) >= 11 is 5.76. The van der Waals surface area contributed by atoms with Gasteiger partial charge in [0.2, 0.25) is 5.91 Å². The Kier molecular flexibility index (Phi) is 2.44. The lowest BCUT2D eigenvalue weighted by molar-refractivity contribution is -0.116. The predicted octanol–water partition coefficient (Wildman–Crippen LogP) is 1.77. The predicted molar refractivity (Wildman–Crippen MR) is 56.2 cm³/mol. The Labute approximate surface area is 87.2 Å². The molecule has 0 saturated heterocycles. The molecule has 1 amide bonds. The number of hydrogen-bond donors (Lipinski definition) is 2. The maximum absolute atomic E-state index is 11.1. The van der Waals surface area contributed by atoms with Crippen LogP contribution in [0, 0.1) is 0 Å². The summed E-state index contributed by atoms with van der Waals surface area (Å²) in [4.78, 5) is 11.1. The maximum atomic E-state index is 11.1. The molecule has 0 aliphatic carbocycles. The molecule has 0 spiro atoms. The molecule has 1 aliphatic heterocycles. The van der Waals surface area contributed by atoms with Crippen molar-refractivity contribution in [3.63, 3.8) is 0 Å². The molecule has 0 aromatic heterocycles. The van der Waals surface area contributed by atoms with Gasteiger partial charge in [0.15, 0.2) is 0 Å². The van der Waals surface area contributed by atoms with E-state index < -0.39 is 5.50 Å². The van der Waals surface area contributed by atoms with E-state index in [0.29, 0.717) is 6.42 Å². The second kappa shape index (κ2) is 3.59. The summed E-state index contributed by atoms with van der Waals surface area (Å²) in [5.74, 6) is 0.0698. The van der Waals surface area contributed by atoms with Crippen LogP contribution in [0.2, 0.25) is 0 Å². The average Bonchev–Trinajstić information content (AvgIpc) is 2.16. The quantitative estimate of drug-likeness (QED) is 0.548. The van der Waals surface area contributed by atoms with Crippen LogP contribution in [0.5, 0.6) is 0 Å². The Morgan fingerprint density at radius 3 is 2.93 bits per heavy atom. The number of fused-ring (bicyclic) bond motifs is 1. The Bertz CT molecular complexity index is 376. The molecule has 3 N–H and O–H groups in total. The number of hydrogen-bond acceptors (Lipinski definition) is 2. The number of halogens is 1. The molecular formula is C10H11ClN2O. The number of carbonyl (C=O) groups is 1. The van der Waals surface area contributed by atoms with Crippen LogP contribution in [0.15, 0.2) is 18.2 Å². The summed E-state index contributed by atoms with van der Waals surface area (Å²) in [5, 5.41) is 2.80. The third kappa shape index (κ3) is 1.74. The van der Waals surface area contributed by atoms with E-state index in [1.807, 2.05) is 18.2 Å². The van der Waals surface area contributed by atoms with E-state index in [4.69, 9.17) is 17.3 Å². The summed E-state index contributed by atoms with van der Waals surface area (Å²) in [5.41, 5.74) is 7.96. The molecule has 4 heteroatoms. The second-order valence-electron chi connectivity index (χ2n) is 3.37. The van der Waals surface area contributed by atoms with Gasteiger partial charge in [0.05, 0.1) is 0 Å². The van der Waals surface area contributed by atoms with Crippen LogP contribution in [-0.4, -0.2) is 5.91 Å². The van der Waals surface area contributed by atoms with Crippen molar-refractivity contribution in [3.8, 4) is 0 Å². The van der Waals surface area contributed by atoms with Gasteiger partial charge in [0.1, 0.15) is 5.50 Å². The van der Waals surface area contributed by atoms with Gasteiger partial charge in [0, 0.05) is 12.1 Å². The summed E-state index contributed by atoms with van der Waals surface area (Å²) < 4.78 is 0. The minimum absolute atomic E-state index is 0.0698. The third-order valence-electron chi connectivity index (χ3n) is 2.34. The number of rotatable bonds is 1. The third-order valence-corrected chi connectivity index (χ3v) is 2.60. The Morgan fingerprint density at radius 1 is 1.43 bits per heavy atom. The molecule has 0 radical (unpaired) electrons. The number of carbonyl (C=O) groups excluding carboxylic acids is 1. The molecule has 14 heavy (non-hydrogen) atoms. The molecule has 74 valence electrons. The number of amides is 1. The van der Waals surface area contributed by atoms with E-state index in [1.54, 1.807) is 0 Å². The van der Waals surface area contributed by atoms with Crippen molar-refractivity contribution in [3.05, 3.63) is 29.3 Å². The Balaban J connectivity index is 2.36. The molecule has 3 nitrogen and oxygen atoms in total. The first kappa shape index (κ1) is 9.49.